The molecule has 0 spiro atoms. The largest absolute Gasteiger partial charge is 0.354 e. The molecular weight excluding hydrogens is 399 g/mol. The van der Waals surface area contributed by atoms with Crippen molar-refractivity contribution in [2.45, 2.75) is 52.0 Å². The van der Waals surface area contributed by atoms with Gasteiger partial charge in [-0.2, -0.15) is 0 Å². The number of unbranched alkanes of at least 4 members (excludes halogenated alkanes) is 1. The molecule has 0 fully saturated rings. The molecule has 4 nitrogen and oxygen atoms in total. The van der Waals surface area contributed by atoms with Gasteiger partial charge in [-0.15, -0.1) is 11.8 Å². The third kappa shape index (κ3) is 7.82. The Labute approximate surface area is 183 Å². The van der Waals surface area contributed by atoms with Crippen molar-refractivity contribution in [2.75, 3.05) is 12.3 Å². The van der Waals surface area contributed by atoms with Crippen LogP contribution in [-0.2, 0) is 21.9 Å². The summed E-state index contributed by atoms with van der Waals surface area (Å²) < 4.78 is 13.0. The van der Waals surface area contributed by atoms with Crippen LogP contribution in [0.25, 0.3) is 0 Å². The van der Waals surface area contributed by atoms with Crippen molar-refractivity contribution < 1.29 is 14.0 Å². The molecule has 6 heteroatoms. The van der Waals surface area contributed by atoms with E-state index in [9.17, 15) is 14.0 Å². The second-order valence-corrected chi connectivity index (χ2v) is 8.43. The van der Waals surface area contributed by atoms with Crippen LogP contribution in [0.1, 0.15) is 43.4 Å². The van der Waals surface area contributed by atoms with Crippen LogP contribution < -0.4 is 5.32 Å². The summed E-state index contributed by atoms with van der Waals surface area (Å²) in [6.45, 7) is 6.87. The number of aryl methyl sites for hydroxylation is 1. The Morgan fingerprint density at radius 2 is 1.70 bits per heavy atom. The average Bonchev–Trinajstić information content (AvgIpc) is 2.74. The second-order valence-electron chi connectivity index (χ2n) is 7.45. The van der Waals surface area contributed by atoms with E-state index in [4.69, 9.17) is 0 Å². The van der Waals surface area contributed by atoms with Gasteiger partial charge in [0.1, 0.15) is 11.9 Å². The van der Waals surface area contributed by atoms with Gasteiger partial charge in [0.15, 0.2) is 0 Å². The maximum Gasteiger partial charge on any atom is 0.242 e. The first-order chi connectivity index (χ1) is 14.4. The SMILES string of the molecule is CCCCNC(=O)C(C)N(Cc1ccc(C)cc1)C(=O)CSCc1ccc(F)cc1. The summed E-state index contributed by atoms with van der Waals surface area (Å²) in [5.74, 6) is 0.386. The van der Waals surface area contributed by atoms with Crippen LogP contribution in [0.2, 0.25) is 0 Å². The highest BCUT2D eigenvalue weighted by Crippen LogP contribution is 2.16. The predicted molar refractivity (Wildman–Crippen MR) is 122 cm³/mol. The maximum atomic E-state index is 13.0. The fraction of sp³-hybridized carbons (Fsp3) is 0.417. The fourth-order valence-corrected chi connectivity index (χ4v) is 3.80. The van der Waals surface area contributed by atoms with E-state index in [1.807, 2.05) is 31.2 Å². The van der Waals surface area contributed by atoms with E-state index in [2.05, 4.69) is 12.2 Å². The zero-order chi connectivity index (χ0) is 21.9. The van der Waals surface area contributed by atoms with Gasteiger partial charge in [0, 0.05) is 18.8 Å². The first-order valence-electron chi connectivity index (χ1n) is 10.4. The maximum absolute atomic E-state index is 13.0. The number of hydrogen-bond donors (Lipinski definition) is 1. The number of rotatable bonds is 11. The fourth-order valence-electron chi connectivity index (χ4n) is 2.93. The molecular formula is C24H31FN2O2S. The van der Waals surface area contributed by atoms with Crippen molar-refractivity contribution in [3.63, 3.8) is 0 Å². The van der Waals surface area contributed by atoms with E-state index in [0.717, 1.165) is 29.5 Å². The Kier molecular flexibility index (Phi) is 9.87. The third-order valence-corrected chi connectivity index (χ3v) is 5.87. The van der Waals surface area contributed by atoms with Gasteiger partial charge < -0.3 is 10.2 Å². The number of halogens is 1. The van der Waals surface area contributed by atoms with Crippen molar-refractivity contribution in [3.8, 4) is 0 Å². The number of nitrogens with zero attached hydrogens (tertiary/aromatic N) is 1. The van der Waals surface area contributed by atoms with E-state index in [-0.39, 0.29) is 23.4 Å². The van der Waals surface area contributed by atoms with E-state index in [1.165, 1.54) is 23.9 Å². The Hall–Kier alpha value is -2.34. The molecule has 0 saturated heterocycles. The topological polar surface area (TPSA) is 49.4 Å². The highest BCUT2D eigenvalue weighted by Gasteiger charge is 2.25. The lowest BCUT2D eigenvalue weighted by molar-refractivity contribution is -0.138. The molecule has 1 unspecified atom stereocenters. The Morgan fingerprint density at radius 3 is 2.33 bits per heavy atom. The van der Waals surface area contributed by atoms with Crippen LogP contribution in [0.15, 0.2) is 48.5 Å². The van der Waals surface area contributed by atoms with Gasteiger partial charge in [-0.05, 0) is 43.5 Å². The summed E-state index contributed by atoms with van der Waals surface area (Å²) in [5.41, 5.74) is 3.10. The van der Waals surface area contributed by atoms with Gasteiger partial charge in [-0.25, -0.2) is 4.39 Å². The van der Waals surface area contributed by atoms with Gasteiger partial charge in [0.05, 0.1) is 5.75 Å². The minimum Gasteiger partial charge on any atom is -0.354 e. The summed E-state index contributed by atoms with van der Waals surface area (Å²) >= 11 is 1.47. The molecule has 2 aromatic carbocycles. The smallest absolute Gasteiger partial charge is 0.242 e. The summed E-state index contributed by atoms with van der Waals surface area (Å²) in [6.07, 6.45) is 1.92. The number of nitrogens with one attached hydrogen (secondary N) is 1. The molecule has 0 heterocycles. The number of hydrogen-bond acceptors (Lipinski definition) is 3. The Bertz CT molecular complexity index is 809. The lowest BCUT2D eigenvalue weighted by atomic mass is 10.1. The van der Waals surface area contributed by atoms with Crippen LogP contribution in [0.4, 0.5) is 4.39 Å². The highest BCUT2D eigenvalue weighted by atomic mass is 32.2. The molecule has 2 aromatic rings. The van der Waals surface area contributed by atoms with Gasteiger partial charge in [-0.3, -0.25) is 9.59 Å². The molecule has 0 aliphatic carbocycles. The number of carbonyl (C=O) groups excluding carboxylic acids is 2. The van der Waals surface area contributed by atoms with Crippen LogP contribution in [0.5, 0.6) is 0 Å². The van der Waals surface area contributed by atoms with Gasteiger partial charge in [0.2, 0.25) is 11.8 Å². The standard InChI is InChI=1S/C24H31FN2O2S/c1-4-5-14-26-24(29)19(3)27(15-20-8-6-18(2)7-9-20)23(28)17-30-16-21-10-12-22(25)13-11-21/h6-13,19H,4-5,14-17H2,1-3H3,(H,26,29). The van der Waals surface area contributed by atoms with E-state index >= 15 is 0 Å². The van der Waals surface area contributed by atoms with Gasteiger partial charge >= 0.3 is 0 Å². The lowest BCUT2D eigenvalue weighted by Gasteiger charge is -2.29. The van der Waals surface area contributed by atoms with Gasteiger partial charge in [0.25, 0.3) is 0 Å². The average molecular weight is 431 g/mol. The van der Waals surface area contributed by atoms with Crippen molar-refractivity contribution in [3.05, 3.63) is 71.0 Å². The minimum atomic E-state index is -0.554. The number of benzene rings is 2. The molecule has 0 radical (unpaired) electrons. The molecule has 1 N–H and O–H groups in total. The number of amides is 2. The number of carbonyl (C=O) groups is 2. The van der Waals surface area contributed by atoms with Crippen LogP contribution in [0, 0.1) is 12.7 Å². The molecule has 0 aromatic heterocycles. The van der Waals surface area contributed by atoms with Crippen LogP contribution >= 0.6 is 11.8 Å². The zero-order valence-corrected chi connectivity index (χ0v) is 18.8. The molecule has 0 aliphatic heterocycles. The van der Waals surface area contributed by atoms with Crippen molar-refractivity contribution in [1.29, 1.82) is 0 Å². The number of thioether (sulfide) groups is 1. The summed E-state index contributed by atoms with van der Waals surface area (Å²) in [5, 5.41) is 2.93. The molecule has 30 heavy (non-hydrogen) atoms. The van der Waals surface area contributed by atoms with Crippen LogP contribution in [-0.4, -0.2) is 35.1 Å². The molecule has 1 atom stereocenters. The Morgan fingerprint density at radius 1 is 1.07 bits per heavy atom. The quantitative estimate of drug-likeness (QED) is 0.526. The summed E-state index contributed by atoms with van der Waals surface area (Å²) in [7, 11) is 0. The molecule has 0 saturated carbocycles. The first-order valence-corrected chi connectivity index (χ1v) is 11.5. The normalized spacial score (nSPS) is 11.7. The Balaban J connectivity index is 2.02. The third-order valence-electron chi connectivity index (χ3n) is 4.88. The predicted octanol–water partition coefficient (Wildman–Crippen LogP) is 4.70. The van der Waals surface area contributed by atoms with Crippen molar-refractivity contribution in [1.82, 2.24) is 10.2 Å². The molecule has 2 rings (SSSR count). The van der Waals surface area contributed by atoms with E-state index in [0.29, 0.717) is 18.8 Å². The highest BCUT2D eigenvalue weighted by molar-refractivity contribution is 7.99. The molecule has 2 amide bonds. The van der Waals surface area contributed by atoms with Gasteiger partial charge in [-0.1, -0.05) is 55.3 Å². The van der Waals surface area contributed by atoms with Crippen LogP contribution in [0.3, 0.4) is 0 Å². The molecule has 0 aliphatic rings. The monoisotopic (exact) mass is 430 g/mol. The second kappa shape index (κ2) is 12.4. The first kappa shape index (κ1) is 23.9. The van der Waals surface area contributed by atoms with Crippen molar-refractivity contribution in [2.24, 2.45) is 0 Å². The van der Waals surface area contributed by atoms with E-state index < -0.39 is 6.04 Å². The molecule has 0 bridgehead atoms. The van der Waals surface area contributed by atoms with Crippen molar-refractivity contribution >= 4 is 23.6 Å². The zero-order valence-electron chi connectivity index (χ0n) is 18.0. The molecule has 162 valence electrons. The lowest BCUT2D eigenvalue weighted by Crippen LogP contribution is -2.48. The summed E-state index contributed by atoms with van der Waals surface area (Å²) in [4.78, 5) is 27.2. The van der Waals surface area contributed by atoms with E-state index in [1.54, 1.807) is 24.0 Å². The summed E-state index contributed by atoms with van der Waals surface area (Å²) in [6, 6.07) is 13.7. The minimum absolute atomic E-state index is 0.0826.